The molecule has 2 aromatic heterocycles. The van der Waals surface area contributed by atoms with Gasteiger partial charge in [0.2, 0.25) is 0 Å². The van der Waals surface area contributed by atoms with E-state index >= 15 is 0 Å². The molecule has 6 rings (SSSR count). The van der Waals surface area contributed by atoms with Gasteiger partial charge < -0.3 is 10.1 Å². The van der Waals surface area contributed by atoms with Crippen molar-refractivity contribution in [3.63, 3.8) is 0 Å². The van der Waals surface area contributed by atoms with E-state index in [9.17, 15) is 14.4 Å². The third-order valence-electron chi connectivity index (χ3n) is 6.12. The van der Waals surface area contributed by atoms with E-state index in [0.29, 0.717) is 26.8 Å². The molecular formula is C27H18ClN3O4S2. The van der Waals surface area contributed by atoms with Gasteiger partial charge >= 0.3 is 5.97 Å². The minimum absolute atomic E-state index is 0.174. The Labute approximate surface area is 223 Å². The Kier molecular flexibility index (Phi) is 5.91. The lowest BCUT2D eigenvalue weighted by Gasteiger charge is -2.24. The van der Waals surface area contributed by atoms with Crippen molar-refractivity contribution in [1.82, 2.24) is 4.57 Å². The lowest BCUT2D eigenvalue weighted by Crippen LogP contribution is -2.40. The van der Waals surface area contributed by atoms with Crippen molar-refractivity contribution < 1.29 is 14.3 Å². The molecule has 0 saturated heterocycles. The molecule has 10 heteroatoms. The van der Waals surface area contributed by atoms with Gasteiger partial charge in [0.1, 0.15) is 10.6 Å². The second-order valence-electron chi connectivity index (χ2n) is 8.29. The van der Waals surface area contributed by atoms with Gasteiger partial charge in [-0.05, 0) is 36.6 Å². The van der Waals surface area contributed by atoms with Crippen LogP contribution in [0, 0.1) is 0 Å². The van der Waals surface area contributed by atoms with E-state index in [1.165, 1.54) is 15.9 Å². The number of halogens is 1. The number of rotatable bonds is 4. The molecule has 2 aliphatic heterocycles. The quantitative estimate of drug-likeness (QED) is 0.391. The summed E-state index contributed by atoms with van der Waals surface area (Å²) in [5, 5.41) is 5.15. The molecule has 184 valence electrons. The first-order valence-corrected chi connectivity index (χ1v) is 13.5. The number of hydrogen-bond donors (Lipinski definition) is 1. The monoisotopic (exact) mass is 547 g/mol. The van der Waals surface area contributed by atoms with E-state index in [1.807, 2.05) is 47.8 Å². The van der Waals surface area contributed by atoms with Crippen LogP contribution in [-0.2, 0) is 14.3 Å². The number of aromatic nitrogens is 1. The number of hydrogen-bond acceptors (Lipinski definition) is 7. The van der Waals surface area contributed by atoms with Crippen molar-refractivity contribution >= 4 is 63.1 Å². The molecule has 0 saturated carbocycles. The second kappa shape index (κ2) is 9.26. The summed E-state index contributed by atoms with van der Waals surface area (Å²) in [6.07, 6.45) is 0. The second-order valence-corrected chi connectivity index (χ2v) is 10.7. The fourth-order valence-electron chi connectivity index (χ4n) is 4.57. The standard InChI is InChI=1S/C27H18ClN3O4S2/c1-2-35-26(34)20-21(14-7-4-3-5-8-14)30-27-31(22(20)18-9-6-12-36-18)25(33)23(37-27)19-16-13-15(28)10-11-17(16)29-24(19)32/h3-13,22H,2H2,1H3,(H,29,32)/b23-19-/t22-/m1/s1. The summed E-state index contributed by atoms with van der Waals surface area (Å²) in [6.45, 7) is 1.91. The Bertz CT molecular complexity index is 1790. The predicted octanol–water partition coefficient (Wildman–Crippen LogP) is 3.97. The SMILES string of the molecule is CCOC(=O)C1=C(c2ccccc2)N=c2s/c(=C3\C(=O)Nc4ccc(Cl)cc43)c(=O)n2[C@@H]1c1cccs1. The minimum atomic E-state index is -0.761. The van der Waals surface area contributed by atoms with Crippen LogP contribution < -0.4 is 20.2 Å². The van der Waals surface area contributed by atoms with Crippen LogP contribution in [-0.4, -0.2) is 23.1 Å². The number of ether oxygens (including phenoxy) is 1. The molecule has 0 fully saturated rings. The predicted molar refractivity (Wildman–Crippen MR) is 144 cm³/mol. The van der Waals surface area contributed by atoms with Crippen LogP contribution in [0.1, 0.15) is 29.0 Å². The van der Waals surface area contributed by atoms with Crippen molar-refractivity contribution in [1.29, 1.82) is 0 Å². The van der Waals surface area contributed by atoms with Crippen molar-refractivity contribution in [2.75, 3.05) is 11.9 Å². The zero-order valence-electron chi connectivity index (χ0n) is 19.4. The molecule has 37 heavy (non-hydrogen) atoms. The summed E-state index contributed by atoms with van der Waals surface area (Å²) in [4.78, 5) is 46.4. The molecule has 1 atom stereocenters. The van der Waals surface area contributed by atoms with Crippen molar-refractivity contribution in [3.05, 3.63) is 112 Å². The molecule has 0 radical (unpaired) electrons. The van der Waals surface area contributed by atoms with Crippen molar-refractivity contribution in [2.45, 2.75) is 13.0 Å². The van der Waals surface area contributed by atoms with E-state index < -0.39 is 17.6 Å². The number of thiophene rings is 1. The number of fused-ring (bicyclic) bond motifs is 2. The summed E-state index contributed by atoms with van der Waals surface area (Å²) in [5.41, 5.74) is 2.42. The van der Waals surface area contributed by atoms with Crippen molar-refractivity contribution in [2.24, 2.45) is 4.99 Å². The molecule has 1 N–H and O–H groups in total. The molecule has 0 spiro atoms. The first-order valence-electron chi connectivity index (χ1n) is 11.4. The van der Waals surface area contributed by atoms with Crippen molar-refractivity contribution in [3.8, 4) is 0 Å². The van der Waals surface area contributed by atoms with Crippen LogP contribution in [0.25, 0.3) is 11.3 Å². The zero-order chi connectivity index (χ0) is 25.7. The van der Waals surface area contributed by atoms with Crippen LogP contribution in [0.2, 0.25) is 5.02 Å². The molecule has 0 aliphatic carbocycles. The van der Waals surface area contributed by atoms with Crippen LogP contribution >= 0.6 is 34.3 Å². The van der Waals surface area contributed by atoms with E-state index in [-0.39, 0.29) is 28.2 Å². The van der Waals surface area contributed by atoms with Crippen LogP contribution in [0.5, 0.6) is 0 Å². The number of anilines is 1. The lowest BCUT2D eigenvalue weighted by molar-refractivity contribution is -0.138. The highest BCUT2D eigenvalue weighted by molar-refractivity contribution is 7.10. The van der Waals surface area contributed by atoms with Gasteiger partial charge in [-0.1, -0.05) is 59.3 Å². The fraction of sp³-hybridized carbons (Fsp3) is 0.111. The molecular weight excluding hydrogens is 530 g/mol. The fourth-order valence-corrected chi connectivity index (χ4v) is 6.66. The Hall–Kier alpha value is -3.79. The third-order valence-corrected chi connectivity index (χ3v) is 8.33. The molecule has 2 aromatic carbocycles. The maximum Gasteiger partial charge on any atom is 0.338 e. The largest absolute Gasteiger partial charge is 0.463 e. The van der Waals surface area contributed by atoms with Gasteiger partial charge in [0.15, 0.2) is 4.80 Å². The van der Waals surface area contributed by atoms with E-state index in [4.69, 9.17) is 21.3 Å². The Balaban J connectivity index is 1.71. The highest BCUT2D eigenvalue weighted by Crippen LogP contribution is 2.37. The minimum Gasteiger partial charge on any atom is -0.463 e. The van der Waals surface area contributed by atoms with E-state index in [1.54, 1.807) is 25.1 Å². The van der Waals surface area contributed by atoms with Crippen LogP contribution in [0.15, 0.2) is 81.4 Å². The highest BCUT2D eigenvalue weighted by Gasteiger charge is 2.37. The number of amides is 1. The molecule has 2 aliphatic rings. The van der Waals surface area contributed by atoms with Gasteiger partial charge in [0.25, 0.3) is 11.5 Å². The maximum absolute atomic E-state index is 14.0. The average molecular weight is 548 g/mol. The Morgan fingerprint density at radius 1 is 1.14 bits per heavy atom. The number of carbonyl (C=O) groups excluding carboxylic acids is 2. The number of esters is 1. The first-order chi connectivity index (χ1) is 18.0. The number of benzene rings is 2. The molecule has 0 unspecified atom stereocenters. The molecule has 1 amide bonds. The summed E-state index contributed by atoms with van der Waals surface area (Å²) < 4.78 is 7.18. The summed E-state index contributed by atoms with van der Waals surface area (Å²) >= 11 is 8.77. The number of nitrogens with one attached hydrogen (secondary N) is 1. The maximum atomic E-state index is 14.0. The van der Waals surface area contributed by atoms with Gasteiger partial charge in [-0.25, -0.2) is 9.79 Å². The highest BCUT2D eigenvalue weighted by atomic mass is 35.5. The van der Waals surface area contributed by atoms with Gasteiger partial charge in [-0.15, -0.1) is 11.3 Å². The van der Waals surface area contributed by atoms with E-state index in [0.717, 1.165) is 21.8 Å². The lowest BCUT2D eigenvalue weighted by atomic mass is 9.97. The average Bonchev–Trinajstić information content (AvgIpc) is 3.61. The van der Waals surface area contributed by atoms with E-state index in [2.05, 4.69) is 5.32 Å². The number of thiazole rings is 1. The smallest absolute Gasteiger partial charge is 0.338 e. The zero-order valence-corrected chi connectivity index (χ0v) is 21.7. The van der Waals surface area contributed by atoms with Gasteiger partial charge in [-0.2, -0.15) is 0 Å². The number of carbonyl (C=O) groups is 2. The van der Waals surface area contributed by atoms with Crippen LogP contribution in [0.3, 0.4) is 0 Å². The molecule has 0 bridgehead atoms. The Morgan fingerprint density at radius 2 is 1.95 bits per heavy atom. The third kappa shape index (κ3) is 3.87. The number of nitrogens with zero attached hydrogens (tertiary/aromatic N) is 2. The van der Waals surface area contributed by atoms with Gasteiger partial charge in [0.05, 0.1) is 23.5 Å². The van der Waals surface area contributed by atoms with Gasteiger partial charge in [0, 0.05) is 26.7 Å². The summed E-state index contributed by atoms with van der Waals surface area (Å²) in [6, 6.07) is 17.4. The summed E-state index contributed by atoms with van der Waals surface area (Å²) in [5.74, 6) is -0.930. The topological polar surface area (TPSA) is 89.8 Å². The first kappa shape index (κ1) is 23.6. The summed E-state index contributed by atoms with van der Waals surface area (Å²) in [7, 11) is 0. The molecule has 4 aromatic rings. The molecule has 7 nitrogen and oxygen atoms in total. The normalized spacial score (nSPS) is 17.7. The van der Waals surface area contributed by atoms with Crippen LogP contribution in [0.4, 0.5) is 5.69 Å². The Morgan fingerprint density at radius 3 is 2.68 bits per heavy atom. The van der Waals surface area contributed by atoms with Gasteiger partial charge in [-0.3, -0.25) is 14.2 Å². The molecule has 4 heterocycles.